The van der Waals surface area contributed by atoms with Crippen molar-refractivity contribution in [3.8, 4) is 6.07 Å². The van der Waals surface area contributed by atoms with Crippen LogP contribution in [-0.4, -0.2) is 17.9 Å². The lowest BCUT2D eigenvalue weighted by Crippen LogP contribution is -2.26. The molecule has 20 heavy (non-hydrogen) atoms. The molecule has 0 unspecified atom stereocenters. The Morgan fingerprint density at radius 3 is 2.30 bits per heavy atom. The van der Waals surface area contributed by atoms with Gasteiger partial charge in [-0.05, 0) is 42.0 Å². The Labute approximate surface area is 123 Å². The first-order chi connectivity index (χ1) is 9.60. The summed E-state index contributed by atoms with van der Waals surface area (Å²) in [5, 5.41) is 9.41. The van der Waals surface area contributed by atoms with Crippen LogP contribution in [0.25, 0.3) is 0 Å². The summed E-state index contributed by atoms with van der Waals surface area (Å²) in [6.07, 6.45) is 0. The minimum absolute atomic E-state index is 0.0792. The number of amides is 1. The van der Waals surface area contributed by atoms with Gasteiger partial charge in [-0.15, -0.1) is 0 Å². The SMILES string of the molecule is CN(Cc1ccc(Cl)cc1)C(=O)c1ccc(C#N)cc1. The van der Waals surface area contributed by atoms with Crippen molar-refractivity contribution in [3.05, 3.63) is 70.2 Å². The van der Waals surface area contributed by atoms with Crippen LogP contribution >= 0.6 is 11.6 Å². The predicted molar refractivity (Wildman–Crippen MR) is 78.4 cm³/mol. The molecule has 0 heterocycles. The average Bonchev–Trinajstić information content (AvgIpc) is 2.49. The van der Waals surface area contributed by atoms with Gasteiger partial charge in [0.05, 0.1) is 11.6 Å². The van der Waals surface area contributed by atoms with Crippen molar-refractivity contribution >= 4 is 17.5 Å². The van der Waals surface area contributed by atoms with Gasteiger partial charge < -0.3 is 4.90 Å². The monoisotopic (exact) mass is 284 g/mol. The van der Waals surface area contributed by atoms with E-state index in [1.807, 2.05) is 18.2 Å². The molecule has 0 atom stereocenters. The molecule has 1 amide bonds. The molecule has 0 saturated carbocycles. The van der Waals surface area contributed by atoms with Crippen LogP contribution in [0.3, 0.4) is 0 Å². The smallest absolute Gasteiger partial charge is 0.253 e. The molecular formula is C16H13ClN2O. The van der Waals surface area contributed by atoms with E-state index < -0.39 is 0 Å². The maximum atomic E-state index is 12.2. The first-order valence-electron chi connectivity index (χ1n) is 6.10. The van der Waals surface area contributed by atoms with E-state index in [9.17, 15) is 4.79 Å². The maximum absolute atomic E-state index is 12.2. The van der Waals surface area contributed by atoms with Crippen molar-refractivity contribution in [2.45, 2.75) is 6.54 Å². The Balaban J connectivity index is 2.08. The number of carbonyl (C=O) groups excluding carboxylic acids is 1. The van der Waals surface area contributed by atoms with Crippen LogP contribution < -0.4 is 0 Å². The second kappa shape index (κ2) is 6.23. The number of carbonyl (C=O) groups is 1. The van der Waals surface area contributed by atoms with Crippen LogP contribution in [0.4, 0.5) is 0 Å². The predicted octanol–water partition coefficient (Wildman–Crippen LogP) is 3.48. The van der Waals surface area contributed by atoms with E-state index in [2.05, 4.69) is 0 Å². The topological polar surface area (TPSA) is 44.1 Å². The van der Waals surface area contributed by atoms with Crippen molar-refractivity contribution in [1.29, 1.82) is 5.26 Å². The van der Waals surface area contributed by atoms with Gasteiger partial charge in [-0.25, -0.2) is 0 Å². The molecule has 0 radical (unpaired) electrons. The number of hydrogen-bond donors (Lipinski definition) is 0. The zero-order valence-electron chi connectivity index (χ0n) is 11.0. The van der Waals surface area contributed by atoms with Crippen molar-refractivity contribution in [2.75, 3.05) is 7.05 Å². The Morgan fingerprint density at radius 2 is 1.75 bits per heavy atom. The molecule has 0 spiro atoms. The number of halogens is 1. The summed E-state index contributed by atoms with van der Waals surface area (Å²) in [5.41, 5.74) is 2.13. The molecule has 2 aromatic carbocycles. The molecule has 0 bridgehead atoms. The second-order valence-corrected chi connectivity index (χ2v) is 4.91. The summed E-state index contributed by atoms with van der Waals surface area (Å²) < 4.78 is 0. The fourth-order valence-electron chi connectivity index (χ4n) is 1.84. The zero-order valence-corrected chi connectivity index (χ0v) is 11.8. The minimum Gasteiger partial charge on any atom is -0.337 e. The van der Waals surface area contributed by atoms with E-state index in [-0.39, 0.29) is 5.91 Å². The van der Waals surface area contributed by atoms with Gasteiger partial charge in [-0.1, -0.05) is 23.7 Å². The van der Waals surface area contributed by atoms with E-state index in [1.54, 1.807) is 48.3 Å². The quantitative estimate of drug-likeness (QED) is 0.866. The fraction of sp³-hybridized carbons (Fsp3) is 0.125. The number of hydrogen-bond acceptors (Lipinski definition) is 2. The number of nitrogens with zero attached hydrogens (tertiary/aromatic N) is 2. The van der Waals surface area contributed by atoms with Crippen LogP contribution in [0.15, 0.2) is 48.5 Å². The summed E-state index contributed by atoms with van der Waals surface area (Å²) in [6, 6.07) is 16.0. The van der Waals surface area contributed by atoms with E-state index in [0.717, 1.165) is 5.56 Å². The lowest BCUT2D eigenvalue weighted by atomic mass is 10.1. The Kier molecular flexibility index (Phi) is 4.39. The van der Waals surface area contributed by atoms with Gasteiger partial charge >= 0.3 is 0 Å². The zero-order chi connectivity index (χ0) is 14.5. The molecule has 0 saturated heterocycles. The third-order valence-electron chi connectivity index (χ3n) is 2.94. The third kappa shape index (κ3) is 3.37. The summed E-state index contributed by atoms with van der Waals surface area (Å²) in [5.74, 6) is -0.0792. The van der Waals surface area contributed by atoms with Gasteiger partial charge in [-0.2, -0.15) is 5.26 Å². The summed E-state index contributed by atoms with van der Waals surface area (Å²) in [6.45, 7) is 0.510. The van der Waals surface area contributed by atoms with Gasteiger partial charge in [-0.3, -0.25) is 4.79 Å². The molecule has 3 nitrogen and oxygen atoms in total. The summed E-state index contributed by atoms with van der Waals surface area (Å²) >= 11 is 5.83. The Bertz CT molecular complexity index is 642. The lowest BCUT2D eigenvalue weighted by molar-refractivity contribution is 0.0785. The molecule has 0 N–H and O–H groups in total. The summed E-state index contributed by atoms with van der Waals surface area (Å²) in [7, 11) is 1.75. The van der Waals surface area contributed by atoms with E-state index in [0.29, 0.717) is 22.7 Å². The summed E-state index contributed by atoms with van der Waals surface area (Å²) in [4.78, 5) is 13.9. The van der Waals surface area contributed by atoms with Crippen LogP contribution in [-0.2, 0) is 6.54 Å². The number of benzene rings is 2. The van der Waals surface area contributed by atoms with E-state index >= 15 is 0 Å². The fourth-order valence-corrected chi connectivity index (χ4v) is 1.97. The average molecular weight is 285 g/mol. The van der Waals surface area contributed by atoms with Crippen molar-refractivity contribution < 1.29 is 4.79 Å². The molecule has 100 valence electrons. The lowest BCUT2D eigenvalue weighted by Gasteiger charge is -2.17. The highest BCUT2D eigenvalue weighted by atomic mass is 35.5. The van der Waals surface area contributed by atoms with Gasteiger partial charge in [0.1, 0.15) is 0 Å². The normalized spacial score (nSPS) is 9.85. The molecule has 2 rings (SSSR count). The second-order valence-electron chi connectivity index (χ2n) is 4.48. The highest BCUT2D eigenvalue weighted by Gasteiger charge is 2.11. The van der Waals surface area contributed by atoms with Crippen LogP contribution in [0, 0.1) is 11.3 Å². The molecule has 2 aromatic rings. The van der Waals surface area contributed by atoms with Crippen molar-refractivity contribution in [2.24, 2.45) is 0 Å². The molecule has 0 aliphatic heterocycles. The molecule has 0 fully saturated rings. The van der Waals surface area contributed by atoms with Crippen molar-refractivity contribution in [3.63, 3.8) is 0 Å². The molecule has 0 aliphatic rings. The van der Waals surface area contributed by atoms with Gasteiger partial charge in [0.2, 0.25) is 0 Å². The highest BCUT2D eigenvalue weighted by molar-refractivity contribution is 6.30. The van der Waals surface area contributed by atoms with Crippen LogP contribution in [0.2, 0.25) is 5.02 Å². The van der Waals surface area contributed by atoms with Gasteiger partial charge in [0.15, 0.2) is 0 Å². The van der Waals surface area contributed by atoms with Crippen molar-refractivity contribution in [1.82, 2.24) is 4.90 Å². The Hall–Kier alpha value is -2.31. The van der Waals surface area contributed by atoms with Gasteiger partial charge in [0.25, 0.3) is 5.91 Å². The third-order valence-corrected chi connectivity index (χ3v) is 3.19. The van der Waals surface area contributed by atoms with Gasteiger partial charge in [0, 0.05) is 24.2 Å². The van der Waals surface area contributed by atoms with E-state index in [4.69, 9.17) is 16.9 Å². The largest absolute Gasteiger partial charge is 0.337 e. The molecular weight excluding hydrogens is 272 g/mol. The minimum atomic E-state index is -0.0792. The Morgan fingerprint density at radius 1 is 1.15 bits per heavy atom. The standard InChI is InChI=1S/C16H13ClN2O/c1-19(11-13-4-8-15(17)9-5-13)16(20)14-6-2-12(10-18)3-7-14/h2-9H,11H2,1H3. The molecule has 4 heteroatoms. The van der Waals surface area contributed by atoms with Crippen LogP contribution in [0.1, 0.15) is 21.5 Å². The number of nitriles is 1. The molecule has 0 aromatic heterocycles. The number of rotatable bonds is 3. The van der Waals surface area contributed by atoms with E-state index in [1.165, 1.54) is 0 Å². The molecule has 0 aliphatic carbocycles. The maximum Gasteiger partial charge on any atom is 0.253 e. The van der Waals surface area contributed by atoms with Crippen LogP contribution in [0.5, 0.6) is 0 Å². The first-order valence-corrected chi connectivity index (χ1v) is 6.48. The first kappa shape index (κ1) is 14.1. The highest BCUT2D eigenvalue weighted by Crippen LogP contribution is 2.13.